The zero-order valence-corrected chi connectivity index (χ0v) is 13.7. The van der Waals surface area contributed by atoms with Gasteiger partial charge in [-0.15, -0.1) is 0 Å². The molecule has 0 bridgehead atoms. The van der Waals surface area contributed by atoms with Crippen LogP contribution in [0, 0.1) is 11.8 Å². The van der Waals surface area contributed by atoms with E-state index < -0.39 is 0 Å². The molecule has 1 N–H and O–H groups in total. The maximum absolute atomic E-state index is 5.41. The van der Waals surface area contributed by atoms with Gasteiger partial charge in [-0.2, -0.15) is 0 Å². The lowest BCUT2D eigenvalue weighted by Gasteiger charge is -2.34. The summed E-state index contributed by atoms with van der Waals surface area (Å²) in [5, 5.41) is 3.52. The SMILES string of the molecule is CCC1CC(CCCNCc2ccc(OC)cc2OC)C1. The Morgan fingerprint density at radius 3 is 2.62 bits per heavy atom. The Kier molecular flexibility index (Phi) is 6.37. The molecule has 0 spiro atoms. The van der Waals surface area contributed by atoms with Crippen molar-refractivity contribution < 1.29 is 9.47 Å². The van der Waals surface area contributed by atoms with Crippen LogP contribution >= 0.6 is 0 Å². The maximum atomic E-state index is 5.41. The fourth-order valence-corrected chi connectivity index (χ4v) is 3.18. The molecule has 1 saturated carbocycles. The smallest absolute Gasteiger partial charge is 0.127 e. The van der Waals surface area contributed by atoms with E-state index in [1.165, 1.54) is 37.7 Å². The molecule has 0 saturated heterocycles. The van der Waals surface area contributed by atoms with Gasteiger partial charge in [0.25, 0.3) is 0 Å². The molecule has 0 heterocycles. The van der Waals surface area contributed by atoms with Crippen molar-refractivity contribution in [3.8, 4) is 11.5 Å². The highest BCUT2D eigenvalue weighted by Gasteiger charge is 2.26. The van der Waals surface area contributed by atoms with Gasteiger partial charge in [0.2, 0.25) is 0 Å². The first-order valence-electron chi connectivity index (χ1n) is 8.18. The molecule has 1 aromatic carbocycles. The van der Waals surface area contributed by atoms with Crippen molar-refractivity contribution >= 4 is 0 Å². The molecule has 0 aromatic heterocycles. The van der Waals surface area contributed by atoms with Crippen LogP contribution in [0.2, 0.25) is 0 Å². The zero-order chi connectivity index (χ0) is 15.1. The molecule has 2 rings (SSSR count). The van der Waals surface area contributed by atoms with Crippen LogP contribution < -0.4 is 14.8 Å². The van der Waals surface area contributed by atoms with E-state index in [1.54, 1.807) is 14.2 Å². The van der Waals surface area contributed by atoms with Crippen molar-refractivity contribution in [1.29, 1.82) is 0 Å². The van der Waals surface area contributed by atoms with Gasteiger partial charge in [-0.25, -0.2) is 0 Å². The summed E-state index contributed by atoms with van der Waals surface area (Å²) in [4.78, 5) is 0. The molecule has 0 unspecified atom stereocenters. The molecule has 1 aromatic rings. The molecule has 21 heavy (non-hydrogen) atoms. The molecule has 1 aliphatic carbocycles. The molecule has 3 nitrogen and oxygen atoms in total. The first-order chi connectivity index (χ1) is 10.3. The average Bonchev–Trinajstić information content (AvgIpc) is 2.48. The molecule has 3 heteroatoms. The molecular weight excluding hydrogens is 262 g/mol. The Hall–Kier alpha value is -1.22. The summed E-state index contributed by atoms with van der Waals surface area (Å²) < 4.78 is 10.6. The minimum absolute atomic E-state index is 0.839. The van der Waals surface area contributed by atoms with E-state index in [9.17, 15) is 0 Å². The second-order valence-corrected chi connectivity index (χ2v) is 6.11. The van der Waals surface area contributed by atoms with Crippen molar-refractivity contribution in [2.24, 2.45) is 11.8 Å². The number of nitrogens with one attached hydrogen (secondary N) is 1. The van der Waals surface area contributed by atoms with Gasteiger partial charge in [0.15, 0.2) is 0 Å². The van der Waals surface area contributed by atoms with Crippen LogP contribution in [0.5, 0.6) is 11.5 Å². The Morgan fingerprint density at radius 1 is 1.14 bits per heavy atom. The summed E-state index contributed by atoms with van der Waals surface area (Å²) in [7, 11) is 3.38. The molecule has 0 atom stereocenters. The first-order valence-corrected chi connectivity index (χ1v) is 8.18. The van der Waals surface area contributed by atoms with Gasteiger partial charge in [0, 0.05) is 18.2 Å². The second kappa shape index (κ2) is 8.28. The fourth-order valence-electron chi connectivity index (χ4n) is 3.18. The minimum atomic E-state index is 0.839. The van der Waals surface area contributed by atoms with Crippen LogP contribution in [0.4, 0.5) is 0 Å². The standard InChI is InChI=1S/C18H29NO2/c1-4-14-10-15(11-14)6-5-9-19-13-16-7-8-17(20-2)12-18(16)21-3/h7-8,12,14-15,19H,4-6,9-11,13H2,1-3H3. The number of ether oxygens (including phenoxy) is 2. The maximum Gasteiger partial charge on any atom is 0.127 e. The molecule has 0 amide bonds. The monoisotopic (exact) mass is 291 g/mol. The number of hydrogen-bond donors (Lipinski definition) is 1. The number of methoxy groups -OCH3 is 2. The summed E-state index contributed by atoms with van der Waals surface area (Å²) in [5.74, 6) is 3.75. The fraction of sp³-hybridized carbons (Fsp3) is 0.667. The van der Waals surface area contributed by atoms with E-state index in [1.807, 2.05) is 12.1 Å². The van der Waals surface area contributed by atoms with Gasteiger partial charge in [-0.05, 0) is 50.1 Å². The average molecular weight is 291 g/mol. The Labute approximate surface area is 129 Å². The van der Waals surface area contributed by atoms with Gasteiger partial charge in [0.05, 0.1) is 14.2 Å². The summed E-state index contributed by atoms with van der Waals surface area (Å²) >= 11 is 0. The summed E-state index contributed by atoms with van der Waals surface area (Å²) in [6, 6.07) is 6.00. The lowest BCUT2D eigenvalue weighted by molar-refractivity contribution is 0.174. The first kappa shape index (κ1) is 16.2. The van der Waals surface area contributed by atoms with Gasteiger partial charge in [0.1, 0.15) is 11.5 Å². The van der Waals surface area contributed by atoms with Crippen molar-refractivity contribution in [2.75, 3.05) is 20.8 Å². The number of benzene rings is 1. The lowest BCUT2D eigenvalue weighted by atomic mass is 9.72. The molecular formula is C18H29NO2. The van der Waals surface area contributed by atoms with E-state index in [4.69, 9.17) is 9.47 Å². The summed E-state index contributed by atoms with van der Waals surface area (Å²) in [6.07, 6.45) is 6.94. The summed E-state index contributed by atoms with van der Waals surface area (Å²) in [5.41, 5.74) is 1.19. The number of rotatable bonds is 9. The minimum Gasteiger partial charge on any atom is -0.497 e. The molecule has 1 fully saturated rings. The van der Waals surface area contributed by atoms with Gasteiger partial charge in [-0.3, -0.25) is 0 Å². The van der Waals surface area contributed by atoms with Crippen molar-refractivity contribution in [2.45, 2.75) is 45.6 Å². The van der Waals surface area contributed by atoms with Crippen molar-refractivity contribution in [1.82, 2.24) is 5.32 Å². The van der Waals surface area contributed by atoms with Crippen molar-refractivity contribution in [3.63, 3.8) is 0 Å². The van der Waals surface area contributed by atoms with Crippen LogP contribution in [0.15, 0.2) is 18.2 Å². The van der Waals surface area contributed by atoms with E-state index >= 15 is 0 Å². The van der Waals surface area contributed by atoms with E-state index in [0.717, 1.165) is 36.4 Å². The predicted octanol–water partition coefficient (Wildman–Crippen LogP) is 4.01. The summed E-state index contributed by atoms with van der Waals surface area (Å²) in [6.45, 7) is 4.25. The highest BCUT2D eigenvalue weighted by molar-refractivity contribution is 5.40. The van der Waals surface area contributed by atoms with E-state index in [2.05, 4.69) is 18.3 Å². The van der Waals surface area contributed by atoms with Crippen LogP contribution in [0.25, 0.3) is 0 Å². The topological polar surface area (TPSA) is 30.5 Å². The quantitative estimate of drug-likeness (QED) is 0.697. The lowest BCUT2D eigenvalue weighted by Crippen LogP contribution is -2.24. The number of hydrogen-bond acceptors (Lipinski definition) is 3. The highest BCUT2D eigenvalue weighted by atomic mass is 16.5. The zero-order valence-electron chi connectivity index (χ0n) is 13.7. The third-order valence-corrected chi connectivity index (χ3v) is 4.69. The predicted molar refractivity (Wildman–Crippen MR) is 87.0 cm³/mol. The van der Waals surface area contributed by atoms with Crippen molar-refractivity contribution in [3.05, 3.63) is 23.8 Å². The molecule has 1 aliphatic rings. The normalized spacial score (nSPS) is 20.9. The van der Waals surface area contributed by atoms with Crippen LogP contribution in [0.3, 0.4) is 0 Å². The molecule has 118 valence electrons. The van der Waals surface area contributed by atoms with Gasteiger partial charge < -0.3 is 14.8 Å². The molecule has 0 radical (unpaired) electrons. The Bertz CT molecular complexity index is 427. The van der Waals surface area contributed by atoms with Crippen LogP contribution in [-0.4, -0.2) is 20.8 Å². The third kappa shape index (κ3) is 4.63. The van der Waals surface area contributed by atoms with Crippen LogP contribution in [0.1, 0.15) is 44.6 Å². The largest absolute Gasteiger partial charge is 0.497 e. The van der Waals surface area contributed by atoms with Gasteiger partial charge in [-0.1, -0.05) is 19.4 Å². The molecule has 0 aliphatic heterocycles. The third-order valence-electron chi connectivity index (χ3n) is 4.69. The van der Waals surface area contributed by atoms with Crippen LogP contribution in [-0.2, 0) is 6.54 Å². The highest BCUT2D eigenvalue weighted by Crippen LogP contribution is 2.38. The Morgan fingerprint density at radius 2 is 1.95 bits per heavy atom. The van der Waals surface area contributed by atoms with Gasteiger partial charge >= 0.3 is 0 Å². The van der Waals surface area contributed by atoms with E-state index in [0.29, 0.717) is 0 Å². The Balaban J connectivity index is 1.64. The second-order valence-electron chi connectivity index (χ2n) is 6.11. The van der Waals surface area contributed by atoms with E-state index in [-0.39, 0.29) is 0 Å².